The minimum absolute atomic E-state index is 0.295. The van der Waals surface area contributed by atoms with Gasteiger partial charge in [-0.1, -0.05) is 25.3 Å². The molecule has 2 aliphatic heterocycles. The predicted octanol–water partition coefficient (Wildman–Crippen LogP) is 3.23. The first-order chi connectivity index (χ1) is 15.0. The molecule has 1 N–H and O–H groups in total. The molecule has 1 aromatic carbocycles. The second-order valence-corrected chi connectivity index (χ2v) is 9.42. The fraction of sp³-hybridized carbons (Fsp3) is 0.760. The maximum absolute atomic E-state index is 10.6. The van der Waals surface area contributed by atoms with Gasteiger partial charge >= 0.3 is 0 Å². The van der Waals surface area contributed by atoms with Crippen molar-refractivity contribution in [1.82, 2.24) is 14.7 Å². The van der Waals surface area contributed by atoms with Gasteiger partial charge in [-0.3, -0.25) is 9.80 Å². The van der Waals surface area contributed by atoms with Gasteiger partial charge in [0, 0.05) is 45.3 Å². The Hall–Kier alpha value is -1.34. The van der Waals surface area contributed by atoms with E-state index in [4.69, 9.17) is 9.47 Å². The van der Waals surface area contributed by atoms with E-state index >= 15 is 0 Å². The number of methoxy groups -OCH3 is 1. The first-order valence-electron chi connectivity index (χ1n) is 12.2. The van der Waals surface area contributed by atoms with Crippen LogP contribution in [0.15, 0.2) is 18.2 Å². The topological polar surface area (TPSA) is 48.4 Å². The number of benzene rings is 1. The van der Waals surface area contributed by atoms with Crippen molar-refractivity contribution in [1.29, 1.82) is 0 Å². The quantitative estimate of drug-likeness (QED) is 0.645. The van der Waals surface area contributed by atoms with Gasteiger partial charge in [0.05, 0.1) is 7.11 Å². The smallest absolute Gasteiger partial charge is 0.161 e. The molecule has 0 radical (unpaired) electrons. The number of likely N-dealkylation sites (tertiary alicyclic amines) is 1. The first-order valence-corrected chi connectivity index (χ1v) is 12.2. The number of aliphatic hydroxyl groups is 1. The maximum atomic E-state index is 10.6. The highest BCUT2D eigenvalue weighted by Gasteiger charge is 2.20. The van der Waals surface area contributed by atoms with E-state index in [0.717, 1.165) is 57.3 Å². The van der Waals surface area contributed by atoms with E-state index in [1.54, 1.807) is 7.11 Å². The summed E-state index contributed by atoms with van der Waals surface area (Å²) in [5.74, 6) is 1.46. The molecule has 2 aliphatic rings. The van der Waals surface area contributed by atoms with Crippen molar-refractivity contribution in [3.63, 3.8) is 0 Å². The van der Waals surface area contributed by atoms with E-state index in [-0.39, 0.29) is 0 Å². The van der Waals surface area contributed by atoms with Gasteiger partial charge in [0.2, 0.25) is 0 Å². The molecule has 1 atom stereocenters. The summed E-state index contributed by atoms with van der Waals surface area (Å²) in [4.78, 5) is 7.42. The highest BCUT2D eigenvalue weighted by molar-refractivity contribution is 5.43. The molecule has 176 valence electrons. The van der Waals surface area contributed by atoms with Crippen molar-refractivity contribution in [2.45, 2.75) is 64.6 Å². The van der Waals surface area contributed by atoms with Gasteiger partial charge in [0.1, 0.15) is 12.7 Å². The summed E-state index contributed by atoms with van der Waals surface area (Å²) in [6.45, 7) is 13.0. The largest absolute Gasteiger partial charge is 0.493 e. The first kappa shape index (κ1) is 24.3. The van der Waals surface area contributed by atoms with E-state index < -0.39 is 6.10 Å². The lowest BCUT2D eigenvalue weighted by molar-refractivity contribution is 0.0644. The van der Waals surface area contributed by atoms with Gasteiger partial charge in [-0.15, -0.1) is 0 Å². The van der Waals surface area contributed by atoms with Crippen LogP contribution in [0.25, 0.3) is 0 Å². The molecule has 2 saturated heterocycles. The molecule has 0 amide bonds. The van der Waals surface area contributed by atoms with Crippen molar-refractivity contribution in [2.75, 3.05) is 59.5 Å². The number of nitrogens with zero attached hydrogens (tertiary/aromatic N) is 3. The summed E-state index contributed by atoms with van der Waals surface area (Å²) < 4.78 is 11.5. The summed E-state index contributed by atoms with van der Waals surface area (Å²) in [7, 11) is 1.67. The summed E-state index contributed by atoms with van der Waals surface area (Å²) in [6, 6.07) is 6.81. The van der Waals surface area contributed by atoms with E-state index in [9.17, 15) is 5.11 Å². The Bertz CT molecular complexity index is 639. The second-order valence-electron chi connectivity index (χ2n) is 9.42. The van der Waals surface area contributed by atoms with Crippen molar-refractivity contribution in [2.24, 2.45) is 0 Å². The van der Waals surface area contributed by atoms with Crippen LogP contribution in [0.1, 0.15) is 51.5 Å². The van der Waals surface area contributed by atoms with E-state index in [1.807, 2.05) is 6.07 Å². The number of β-amino-alcohol motifs (C(OH)–C–C–N with tert-alkyl or cyclic N) is 1. The summed E-state index contributed by atoms with van der Waals surface area (Å²) in [6.07, 6.45) is 5.93. The third kappa shape index (κ3) is 7.94. The monoisotopic (exact) mass is 433 g/mol. The molecule has 31 heavy (non-hydrogen) atoms. The van der Waals surface area contributed by atoms with Crippen LogP contribution < -0.4 is 9.47 Å². The van der Waals surface area contributed by atoms with E-state index in [0.29, 0.717) is 19.2 Å². The normalized spacial score (nSPS) is 20.9. The average Bonchev–Trinajstić information content (AvgIpc) is 2.74. The Labute approximate surface area is 189 Å². The predicted molar refractivity (Wildman–Crippen MR) is 126 cm³/mol. The molecule has 0 saturated carbocycles. The molecule has 0 bridgehead atoms. The number of piperazine rings is 1. The van der Waals surface area contributed by atoms with Gasteiger partial charge in [0.15, 0.2) is 11.5 Å². The molecular weight excluding hydrogens is 390 g/mol. The van der Waals surface area contributed by atoms with Crippen LogP contribution in [0.2, 0.25) is 0 Å². The Morgan fingerprint density at radius 3 is 2.19 bits per heavy atom. The van der Waals surface area contributed by atoms with Crippen molar-refractivity contribution < 1.29 is 14.6 Å². The standard InChI is InChI=1S/C25H43N3O3/c1-21(2)28-15-13-27(14-16-28)18-22-9-10-24(30-3)25(17-22)31-20-23(29)19-26-11-7-5-4-6-8-12-26/h9-10,17,21,23,29H,4-8,11-16,18-20H2,1-3H3/t23-/m1/s1. The molecule has 2 heterocycles. The van der Waals surface area contributed by atoms with Gasteiger partial charge < -0.3 is 19.5 Å². The number of ether oxygens (including phenoxy) is 2. The zero-order valence-electron chi connectivity index (χ0n) is 19.9. The Balaban J connectivity index is 1.50. The average molecular weight is 434 g/mol. The summed E-state index contributed by atoms with van der Waals surface area (Å²) in [5.41, 5.74) is 1.23. The van der Waals surface area contributed by atoms with Crippen LogP contribution in [-0.2, 0) is 6.54 Å². The Morgan fingerprint density at radius 2 is 1.55 bits per heavy atom. The third-order valence-corrected chi connectivity index (χ3v) is 6.62. The molecule has 2 fully saturated rings. The third-order valence-electron chi connectivity index (χ3n) is 6.62. The fourth-order valence-corrected chi connectivity index (χ4v) is 4.66. The van der Waals surface area contributed by atoms with Crippen LogP contribution >= 0.6 is 0 Å². The van der Waals surface area contributed by atoms with Crippen molar-refractivity contribution in [3.8, 4) is 11.5 Å². The molecule has 3 rings (SSSR count). The maximum Gasteiger partial charge on any atom is 0.161 e. The lowest BCUT2D eigenvalue weighted by Gasteiger charge is -2.37. The highest BCUT2D eigenvalue weighted by atomic mass is 16.5. The van der Waals surface area contributed by atoms with Gasteiger partial charge in [-0.2, -0.15) is 0 Å². The number of rotatable bonds is 9. The lowest BCUT2D eigenvalue weighted by atomic mass is 10.1. The zero-order valence-corrected chi connectivity index (χ0v) is 19.9. The molecule has 6 heteroatoms. The minimum Gasteiger partial charge on any atom is -0.493 e. The van der Waals surface area contributed by atoms with E-state index in [1.165, 1.54) is 37.7 Å². The van der Waals surface area contributed by atoms with Crippen LogP contribution in [0, 0.1) is 0 Å². The van der Waals surface area contributed by atoms with Crippen LogP contribution in [0.3, 0.4) is 0 Å². The second kappa shape index (κ2) is 12.6. The molecule has 6 nitrogen and oxygen atoms in total. The lowest BCUT2D eigenvalue weighted by Crippen LogP contribution is -2.48. The van der Waals surface area contributed by atoms with Gasteiger partial charge in [-0.25, -0.2) is 0 Å². The number of aliphatic hydroxyl groups excluding tert-OH is 1. The van der Waals surface area contributed by atoms with Crippen LogP contribution in [-0.4, -0.2) is 91.5 Å². The Kier molecular flexibility index (Phi) is 9.91. The molecule has 0 aliphatic carbocycles. The zero-order chi connectivity index (χ0) is 22.1. The number of hydrogen-bond acceptors (Lipinski definition) is 6. The molecule has 0 aromatic heterocycles. The van der Waals surface area contributed by atoms with Gasteiger partial charge in [-0.05, 0) is 57.5 Å². The molecule has 0 unspecified atom stereocenters. The van der Waals surface area contributed by atoms with Gasteiger partial charge in [0.25, 0.3) is 0 Å². The summed E-state index contributed by atoms with van der Waals surface area (Å²) >= 11 is 0. The Morgan fingerprint density at radius 1 is 0.871 bits per heavy atom. The van der Waals surface area contributed by atoms with Crippen LogP contribution in [0.4, 0.5) is 0 Å². The van der Waals surface area contributed by atoms with Crippen LogP contribution in [0.5, 0.6) is 11.5 Å². The summed E-state index contributed by atoms with van der Waals surface area (Å²) in [5, 5.41) is 10.6. The van der Waals surface area contributed by atoms with Crippen molar-refractivity contribution in [3.05, 3.63) is 23.8 Å². The molecule has 1 aromatic rings. The number of hydrogen-bond donors (Lipinski definition) is 1. The van der Waals surface area contributed by atoms with E-state index in [2.05, 4.69) is 40.7 Å². The fourth-order valence-electron chi connectivity index (χ4n) is 4.66. The molecule has 0 spiro atoms. The molecular formula is C25H43N3O3. The highest BCUT2D eigenvalue weighted by Crippen LogP contribution is 2.29. The SMILES string of the molecule is COc1ccc(CN2CCN(C(C)C)CC2)cc1OC[C@H](O)CN1CCCCCCC1. The minimum atomic E-state index is -0.489. The van der Waals surface area contributed by atoms with Crippen molar-refractivity contribution >= 4 is 0 Å².